The lowest BCUT2D eigenvalue weighted by Gasteiger charge is -2.39. The Labute approximate surface area is 264 Å². The number of allylic oxidation sites excluding steroid dienone is 2. The second-order valence-corrected chi connectivity index (χ2v) is 12.8. The van der Waals surface area contributed by atoms with Crippen molar-refractivity contribution in [2.75, 3.05) is 26.2 Å². The van der Waals surface area contributed by atoms with E-state index in [1.807, 2.05) is 0 Å². The zero-order valence-electron chi connectivity index (χ0n) is 27.9. The Kier molecular flexibility index (Phi) is 28.8. The molecule has 0 aromatic rings. The van der Waals surface area contributed by atoms with Crippen molar-refractivity contribution in [1.82, 2.24) is 0 Å². The predicted molar refractivity (Wildman–Crippen MR) is 177 cm³/mol. The molecule has 0 aliphatic rings. The molecule has 0 rings (SSSR count). The average Bonchev–Trinajstić information content (AvgIpc) is 2.95. The Morgan fingerprint density at radius 1 is 0.419 bits per heavy atom. The Bertz CT molecular complexity index is 658. The molecule has 0 atom stereocenters. The summed E-state index contributed by atoms with van der Waals surface area (Å²) in [5, 5.41) is 27.3. The normalized spacial score (nSPS) is 11.8. The quantitative estimate of drug-likeness (QED) is 0.0380. The summed E-state index contributed by atoms with van der Waals surface area (Å²) in [6.07, 6.45) is 32.6. The molecule has 0 amide bonds. The van der Waals surface area contributed by atoms with Crippen LogP contribution in [-0.4, -0.2) is 63.9 Å². The van der Waals surface area contributed by atoms with Gasteiger partial charge >= 0.3 is 17.9 Å². The van der Waals surface area contributed by atoms with E-state index in [2.05, 4.69) is 19.1 Å². The van der Waals surface area contributed by atoms with Gasteiger partial charge in [-0.15, -0.1) is 0 Å². The summed E-state index contributed by atoms with van der Waals surface area (Å²) >= 11 is 0. The molecular formula is C36H68NO6+. The Morgan fingerprint density at radius 3 is 1.02 bits per heavy atom. The molecule has 0 spiro atoms. The summed E-state index contributed by atoms with van der Waals surface area (Å²) in [6, 6.07) is 0. The molecule has 0 aliphatic carbocycles. The number of carboxylic acids is 3. The molecule has 0 unspecified atom stereocenters. The van der Waals surface area contributed by atoms with Crippen LogP contribution in [0.2, 0.25) is 0 Å². The van der Waals surface area contributed by atoms with E-state index in [4.69, 9.17) is 15.3 Å². The van der Waals surface area contributed by atoms with Gasteiger partial charge in [0.2, 0.25) is 0 Å². The first kappa shape index (κ1) is 41.1. The number of hydrogen-bond acceptors (Lipinski definition) is 3. The molecule has 252 valence electrons. The second kappa shape index (κ2) is 30.1. The van der Waals surface area contributed by atoms with Crippen LogP contribution in [0.15, 0.2) is 12.2 Å². The predicted octanol–water partition coefficient (Wildman–Crippen LogP) is 9.78. The molecule has 0 saturated carbocycles. The van der Waals surface area contributed by atoms with Crippen molar-refractivity contribution in [3.05, 3.63) is 12.2 Å². The SMILES string of the molecule is CCCCC/C=C/CCCCCCCCCCCCCCCCC[N+](CCCC(=O)O)(CCCC(=O)O)CCCC(=O)O. The summed E-state index contributed by atoms with van der Waals surface area (Å²) in [4.78, 5) is 33.3. The van der Waals surface area contributed by atoms with Crippen LogP contribution >= 0.6 is 0 Å². The van der Waals surface area contributed by atoms with E-state index in [0.717, 1.165) is 19.4 Å². The van der Waals surface area contributed by atoms with Crippen molar-refractivity contribution in [2.24, 2.45) is 0 Å². The van der Waals surface area contributed by atoms with Gasteiger partial charge < -0.3 is 19.8 Å². The van der Waals surface area contributed by atoms with E-state index < -0.39 is 17.9 Å². The van der Waals surface area contributed by atoms with Crippen LogP contribution in [0.3, 0.4) is 0 Å². The summed E-state index contributed by atoms with van der Waals surface area (Å²) in [6.45, 7) is 5.13. The standard InChI is InChI=1S/C36H67NO6/c1-2-3-4-5-6-7-8-9-10-11-12-13-14-15-16-17-18-19-20-21-22-23-30-37(31-24-27-34(38)39,32-25-28-35(40)41)33-26-29-36(42)43/h6-7H,2-5,8-33H2,1H3,(H2-,38,39,40,41,42,43)/p+1/b7-6+. The molecule has 7 nitrogen and oxygen atoms in total. The highest BCUT2D eigenvalue weighted by molar-refractivity contribution is 5.67. The first-order valence-corrected chi connectivity index (χ1v) is 18.0. The van der Waals surface area contributed by atoms with Crippen LogP contribution in [0.5, 0.6) is 0 Å². The van der Waals surface area contributed by atoms with Crippen LogP contribution in [0.1, 0.15) is 174 Å². The molecule has 0 fully saturated rings. The number of nitrogens with zero attached hydrogens (tertiary/aromatic N) is 1. The molecular weight excluding hydrogens is 542 g/mol. The third-order valence-electron chi connectivity index (χ3n) is 8.71. The van der Waals surface area contributed by atoms with Crippen molar-refractivity contribution in [3.8, 4) is 0 Å². The van der Waals surface area contributed by atoms with Crippen molar-refractivity contribution in [1.29, 1.82) is 0 Å². The van der Waals surface area contributed by atoms with Gasteiger partial charge in [0, 0.05) is 19.3 Å². The van der Waals surface area contributed by atoms with Gasteiger partial charge in [0.1, 0.15) is 0 Å². The van der Waals surface area contributed by atoms with Gasteiger partial charge in [-0.1, -0.05) is 109 Å². The summed E-state index contributed by atoms with van der Waals surface area (Å²) in [5.41, 5.74) is 0. The molecule has 0 aliphatic heterocycles. The second-order valence-electron chi connectivity index (χ2n) is 12.8. The highest BCUT2D eigenvalue weighted by Crippen LogP contribution is 2.19. The Hall–Kier alpha value is -1.89. The third-order valence-corrected chi connectivity index (χ3v) is 8.71. The fourth-order valence-corrected chi connectivity index (χ4v) is 6.12. The monoisotopic (exact) mass is 611 g/mol. The summed E-state index contributed by atoms with van der Waals surface area (Å²) < 4.78 is 0.643. The third kappa shape index (κ3) is 29.9. The van der Waals surface area contributed by atoms with E-state index in [0.29, 0.717) is 43.4 Å². The molecule has 43 heavy (non-hydrogen) atoms. The zero-order valence-corrected chi connectivity index (χ0v) is 27.9. The highest BCUT2D eigenvalue weighted by Gasteiger charge is 2.27. The van der Waals surface area contributed by atoms with Crippen LogP contribution < -0.4 is 0 Å². The first-order chi connectivity index (χ1) is 20.8. The average molecular weight is 611 g/mol. The van der Waals surface area contributed by atoms with Crippen molar-refractivity contribution in [2.45, 2.75) is 174 Å². The Morgan fingerprint density at radius 2 is 0.698 bits per heavy atom. The maximum atomic E-state index is 11.1. The fourth-order valence-electron chi connectivity index (χ4n) is 6.12. The molecule has 0 aromatic carbocycles. The van der Waals surface area contributed by atoms with Gasteiger partial charge in [-0.05, 0) is 38.5 Å². The first-order valence-electron chi connectivity index (χ1n) is 18.0. The van der Waals surface area contributed by atoms with Gasteiger partial charge in [-0.3, -0.25) is 14.4 Å². The number of carbonyl (C=O) groups is 3. The van der Waals surface area contributed by atoms with E-state index in [9.17, 15) is 14.4 Å². The van der Waals surface area contributed by atoms with Gasteiger partial charge in [-0.2, -0.15) is 0 Å². The van der Waals surface area contributed by atoms with Gasteiger partial charge in [-0.25, -0.2) is 0 Å². The van der Waals surface area contributed by atoms with Crippen molar-refractivity contribution >= 4 is 17.9 Å². The van der Waals surface area contributed by atoms with Crippen LogP contribution in [0, 0.1) is 0 Å². The van der Waals surface area contributed by atoms with E-state index in [1.54, 1.807) is 0 Å². The number of unbranched alkanes of at least 4 members (excludes halogenated alkanes) is 18. The summed E-state index contributed by atoms with van der Waals surface area (Å²) in [5.74, 6) is -2.47. The fraction of sp³-hybridized carbons (Fsp3) is 0.861. The molecule has 0 aromatic heterocycles. The highest BCUT2D eigenvalue weighted by atomic mass is 16.4. The minimum atomic E-state index is -0.823. The number of quaternary nitrogens is 1. The van der Waals surface area contributed by atoms with Crippen molar-refractivity contribution in [3.63, 3.8) is 0 Å². The lowest BCUT2D eigenvalue weighted by Crippen LogP contribution is -2.51. The molecule has 7 heteroatoms. The lowest BCUT2D eigenvalue weighted by molar-refractivity contribution is -0.929. The molecule has 0 saturated heterocycles. The van der Waals surface area contributed by atoms with E-state index in [-0.39, 0.29) is 19.3 Å². The minimum absolute atomic E-state index is 0.0925. The largest absolute Gasteiger partial charge is 0.481 e. The van der Waals surface area contributed by atoms with Gasteiger partial charge in [0.15, 0.2) is 0 Å². The van der Waals surface area contributed by atoms with E-state index >= 15 is 0 Å². The summed E-state index contributed by atoms with van der Waals surface area (Å²) in [7, 11) is 0. The molecule has 3 N–H and O–H groups in total. The number of carboxylic acid groups (broad SMARTS) is 3. The number of aliphatic carboxylic acids is 3. The van der Waals surface area contributed by atoms with E-state index in [1.165, 1.54) is 116 Å². The molecule has 0 heterocycles. The Balaban J connectivity index is 3.98. The number of rotatable bonds is 34. The van der Waals surface area contributed by atoms with Crippen molar-refractivity contribution < 1.29 is 34.2 Å². The van der Waals surface area contributed by atoms with Crippen LogP contribution in [0.25, 0.3) is 0 Å². The maximum Gasteiger partial charge on any atom is 0.303 e. The van der Waals surface area contributed by atoms with Gasteiger partial charge in [0.25, 0.3) is 0 Å². The van der Waals surface area contributed by atoms with Crippen LogP contribution in [0.4, 0.5) is 0 Å². The van der Waals surface area contributed by atoms with Crippen LogP contribution in [-0.2, 0) is 14.4 Å². The smallest absolute Gasteiger partial charge is 0.303 e. The zero-order chi connectivity index (χ0) is 31.9. The maximum absolute atomic E-state index is 11.1. The van der Waals surface area contributed by atoms with Gasteiger partial charge in [0.05, 0.1) is 45.4 Å². The molecule has 0 radical (unpaired) electrons. The number of hydrogen-bond donors (Lipinski definition) is 3. The lowest BCUT2D eigenvalue weighted by atomic mass is 10.0. The minimum Gasteiger partial charge on any atom is -0.481 e. The topological polar surface area (TPSA) is 112 Å². The molecule has 0 bridgehead atoms.